The average Bonchev–Trinajstić information content (AvgIpc) is 3.74. The maximum Gasteiger partial charge on any atom is 0.0540 e. The van der Waals surface area contributed by atoms with Gasteiger partial charge in [0.2, 0.25) is 0 Å². The molecule has 2 aromatic heterocycles. The van der Waals surface area contributed by atoms with Crippen molar-refractivity contribution >= 4 is 90.9 Å². The molecule has 0 aliphatic carbocycles. The molecule has 1 nitrogen and oxygen atoms in total. The fourth-order valence-electron chi connectivity index (χ4n) is 7.38. The van der Waals surface area contributed by atoms with Crippen molar-refractivity contribution < 1.29 is 0 Å². The van der Waals surface area contributed by atoms with Crippen LogP contribution in [0.5, 0.6) is 0 Å². The van der Waals surface area contributed by atoms with Gasteiger partial charge in [-0.2, -0.15) is 0 Å². The summed E-state index contributed by atoms with van der Waals surface area (Å²) in [6, 6.07) is 64.4. The Morgan fingerprint density at radius 3 is 1.78 bits per heavy atom. The van der Waals surface area contributed by atoms with Crippen LogP contribution in [0.15, 0.2) is 176 Å². The van der Waals surface area contributed by atoms with Crippen molar-refractivity contribution in [2.45, 2.75) is 0 Å². The lowest BCUT2D eigenvalue weighted by Crippen LogP contribution is -2.11. The Bertz CT molecular complexity index is 2830. The Balaban J connectivity index is 1.15. The summed E-state index contributed by atoms with van der Waals surface area (Å²) in [5, 5.41) is 7.73. The molecule has 10 aromatic rings. The molecular formula is C46H29NS2. The average molecular weight is 660 g/mol. The highest BCUT2D eigenvalue weighted by atomic mass is 32.1. The number of anilines is 3. The standard InChI is InChI=1S/C46H29NS2/c1-2-13-34-31(11-1)12-9-20-41(34)47(33-26-23-30(24-27-33)32-25-28-38-36-15-4-7-21-43(36)48-45(38)29-32)42-19-6-3-14-35(42)39-17-10-18-40-37-16-5-8-22-44(37)49-46(39)40/h1-29H. The molecule has 0 amide bonds. The number of rotatable bonds is 5. The van der Waals surface area contributed by atoms with Gasteiger partial charge in [-0.15, -0.1) is 22.7 Å². The third-order valence-corrected chi connectivity index (χ3v) is 12.0. The van der Waals surface area contributed by atoms with Gasteiger partial charge in [-0.3, -0.25) is 0 Å². The highest BCUT2D eigenvalue weighted by Crippen LogP contribution is 2.47. The zero-order chi connectivity index (χ0) is 32.3. The van der Waals surface area contributed by atoms with Crippen molar-refractivity contribution in [1.29, 1.82) is 0 Å². The Morgan fingerprint density at radius 2 is 0.918 bits per heavy atom. The molecule has 2 heterocycles. The van der Waals surface area contributed by atoms with Crippen LogP contribution in [0.25, 0.3) is 73.4 Å². The van der Waals surface area contributed by atoms with Crippen LogP contribution < -0.4 is 4.90 Å². The fraction of sp³-hybridized carbons (Fsp3) is 0. The van der Waals surface area contributed by atoms with Crippen molar-refractivity contribution in [3.05, 3.63) is 176 Å². The highest BCUT2D eigenvalue weighted by Gasteiger charge is 2.21. The Hall–Kier alpha value is -5.74. The number of hydrogen-bond acceptors (Lipinski definition) is 3. The molecule has 0 N–H and O–H groups in total. The van der Waals surface area contributed by atoms with Crippen LogP contribution in [0.3, 0.4) is 0 Å². The summed E-state index contributed by atoms with van der Waals surface area (Å²) in [6.07, 6.45) is 0. The minimum absolute atomic E-state index is 1.12. The van der Waals surface area contributed by atoms with E-state index in [1.807, 2.05) is 22.7 Å². The van der Waals surface area contributed by atoms with Crippen LogP contribution in [-0.4, -0.2) is 0 Å². The molecule has 3 heteroatoms. The van der Waals surface area contributed by atoms with E-state index in [-0.39, 0.29) is 0 Å². The molecule has 0 bridgehead atoms. The highest BCUT2D eigenvalue weighted by molar-refractivity contribution is 7.26. The van der Waals surface area contributed by atoms with Crippen LogP contribution >= 0.6 is 22.7 Å². The van der Waals surface area contributed by atoms with Crippen molar-refractivity contribution in [3.8, 4) is 22.3 Å². The third-order valence-electron chi connectivity index (χ3n) is 9.68. The summed E-state index contributed by atoms with van der Waals surface area (Å²) in [5.74, 6) is 0. The number of thiophene rings is 2. The molecule has 230 valence electrons. The molecule has 8 aromatic carbocycles. The van der Waals surface area contributed by atoms with Gasteiger partial charge < -0.3 is 4.90 Å². The van der Waals surface area contributed by atoms with Gasteiger partial charge in [0.1, 0.15) is 0 Å². The first-order chi connectivity index (χ1) is 24.3. The Kier molecular flexibility index (Phi) is 6.61. The second-order valence-corrected chi connectivity index (χ2v) is 14.6. The molecule has 0 unspecified atom stereocenters. The molecular weight excluding hydrogens is 631 g/mol. The first-order valence-corrected chi connectivity index (χ1v) is 18.2. The van der Waals surface area contributed by atoms with Gasteiger partial charge in [0, 0.05) is 62.5 Å². The van der Waals surface area contributed by atoms with Crippen molar-refractivity contribution in [2.24, 2.45) is 0 Å². The fourth-order valence-corrected chi connectivity index (χ4v) is 9.75. The summed E-state index contributed by atoms with van der Waals surface area (Å²) in [4.78, 5) is 2.45. The first kappa shape index (κ1) is 28.3. The topological polar surface area (TPSA) is 3.24 Å². The molecule has 0 atom stereocenters. The monoisotopic (exact) mass is 659 g/mol. The molecule has 0 aliphatic rings. The number of fused-ring (bicyclic) bond motifs is 7. The number of nitrogens with zero attached hydrogens (tertiary/aromatic N) is 1. The second-order valence-electron chi connectivity index (χ2n) is 12.5. The van der Waals surface area contributed by atoms with Crippen molar-refractivity contribution in [3.63, 3.8) is 0 Å². The van der Waals surface area contributed by atoms with E-state index in [2.05, 4.69) is 181 Å². The predicted molar refractivity (Wildman–Crippen MR) is 215 cm³/mol. The van der Waals surface area contributed by atoms with Crippen molar-refractivity contribution in [2.75, 3.05) is 4.90 Å². The zero-order valence-corrected chi connectivity index (χ0v) is 28.1. The van der Waals surface area contributed by atoms with Gasteiger partial charge in [-0.25, -0.2) is 0 Å². The summed E-state index contributed by atoms with van der Waals surface area (Å²) < 4.78 is 5.30. The Labute approximate surface area is 292 Å². The molecule has 10 rings (SSSR count). The van der Waals surface area contributed by atoms with E-state index in [4.69, 9.17) is 0 Å². The van der Waals surface area contributed by atoms with Crippen LogP contribution in [0.2, 0.25) is 0 Å². The van der Waals surface area contributed by atoms with Gasteiger partial charge in [0.05, 0.1) is 11.4 Å². The molecule has 0 saturated heterocycles. The van der Waals surface area contributed by atoms with E-state index in [0.717, 1.165) is 17.1 Å². The molecule has 0 radical (unpaired) electrons. The quantitative estimate of drug-likeness (QED) is 0.178. The third kappa shape index (κ3) is 4.66. The van der Waals surface area contributed by atoms with Gasteiger partial charge >= 0.3 is 0 Å². The zero-order valence-electron chi connectivity index (χ0n) is 26.5. The van der Waals surface area contributed by atoms with Crippen LogP contribution in [0.1, 0.15) is 0 Å². The summed E-state index contributed by atoms with van der Waals surface area (Å²) in [5.41, 5.74) is 8.36. The smallest absolute Gasteiger partial charge is 0.0540 e. The number of benzene rings is 8. The molecule has 0 saturated carbocycles. The lowest BCUT2D eigenvalue weighted by atomic mass is 9.98. The van der Waals surface area contributed by atoms with E-state index in [9.17, 15) is 0 Å². The maximum atomic E-state index is 2.45. The van der Waals surface area contributed by atoms with Crippen LogP contribution in [-0.2, 0) is 0 Å². The molecule has 0 spiro atoms. The minimum Gasteiger partial charge on any atom is -0.309 e. The number of para-hydroxylation sites is 1. The van der Waals surface area contributed by atoms with Gasteiger partial charge in [-0.1, -0.05) is 133 Å². The summed E-state index contributed by atoms with van der Waals surface area (Å²) in [6.45, 7) is 0. The van der Waals surface area contributed by atoms with Gasteiger partial charge in [0.25, 0.3) is 0 Å². The van der Waals surface area contributed by atoms with E-state index >= 15 is 0 Å². The SMILES string of the molecule is c1ccc(N(c2ccc(-c3ccc4c(c3)sc3ccccc34)cc2)c2cccc3ccccc23)c(-c2cccc3c2sc2ccccc23)c1. The lowest BCUT2D eigenvalue weighted by molar-refractivity contribution is 1.30. The van der Waals surface area contributed by atoms with Crippen LogP contribution in [0, 0.1) is 0 Å². The summed E-state index contributed by atoms with van der Waals surface area (Å²) >= 11 is 3.75. The van der Waals surface area contributed by atoms with Gasteiger partial charge in [0.15, 0.2) is 0 Å². The van der Waals surface area contributed by atoms with E-state index < -0.39 is 0 Å². The maximum absolute atomic E-state index is 2.45. The second kappa shape index (κ2) is 11.5. The molecule has 49 heavy (non-hydrogen) atoms. The van der Waals surface area contributed by atoms with E-state index in [0.29, 0.717) is 0 Å². The van der Waals surface area contributed by atoms with Crippen LogP contribution in [0.4, 0.5) is 17.1 Å². The largest absolute Gasteiger partial charge is 0.309 e. The molecule has 0 aliphatic heterocycles. The van der Waals surface area contributed by atoms with E-state index in [1.54, 1.807) is 0 Å². The lowest BCUT2D eigenvalue weighted by Gasteiger charge is -2.29. The molecule has 0 fully saturated rings. The summed E-state index contributed by atoms with van der Waals surface area (Å²) in [7, 11) is 0. The minimum atomic E-state index is 1.12. The Morgan fingerprint density at radius 1 is 0.347 bits per heavy atom. The predicted octanol–water partition coefficient (Wildman–Crippen LogP) is 14.4. The normalized spacial score (nSPS) is 11.7. The first-order valence-electron chi connectivity index (χ1n) is 16.6. The van der Waals surface area contributed by atoms with Crippen molar-refractivity contribution in [1.82, 2.24) is 0 Å². The van der Waals surface area contributed by atoms with Gasteiger partial charge in [-0.05, 0) is 59.0 Å². The number of hydrogen-bond donors (Lipinski definition) is 0. The van der Waals surface area contributed by atoms with E-state index in [1.165, 1.54) is 73.4 Å².